The van der Waals surface area contributed by atoms with E-state index in [2.05, 4.69) is 104 Å². The van der Waals surface area contributed by atoms with Crippen LogP contribution >= 0.6 is 23.5 Å². The second kappa shape index (κ2) is 25.6. The highest BCUT2D eigenvalue weighted by molar-refractivity contribution is 8.01. The molecule has 0 rings (SSSR count). The summed E-state index contributed by atoms with van der Waals surface area (Å²) in [5.41, 5.74) is 1.27. The number of hydrogen-bond donors (Lipinski definition) is 0. The van der Waals surface area contributed by atoms with Crippen molar-refractivity contribution in [1.82, 2.24) is 0 Å². The minimum atomic E-state index is -0.223. The fourth-order valence-electron chi connectivity index (χ4n) is 4.54. The summed E-state index contributed by atoms with van der Waals surface area (Å²) < 4.78 is 0.372. The maximum absolute atomic E-state index is 11.7. The molecule has 0 unspecified atom stereocenters. The Morgan fingerprint density at radius 2 is 0.633 bits per heavy atom. The normalized spacial score (nSPS) is 12.9. The van der Waals surface area contributed by atoms with Crippen LogP contribution in [-0.2, 0) is 14.4 Å². The highest BCUT2D eigenvalue weighted by Crippen LogP contribution is 2.27. The number of carbonyl (C=O) groups is 3. The molecule has 0 aromatic rings. The number of thioether (sulfide) groups is 2. The van der Waals surface area contributed by atoms with Crippen LogP contribution in [0, 0.1) is 21.7 Å². The number of unbranched alkanes of at least 4 members (excludes halogenated alkanes) is 6. The SMILES string of the molecule is CC(C)(C)CCCCCC(=O)CSC(C)(C)C.CC(C)(C)CCCCCC(C)(C)C.CC(C)(C)SCC(=O)CCCCCC(=O)C(C)(C)C. The second-order valence-electron chi connectivity index (χ2n) is 20.9. The van der Waals surface area contributed by atoms with Crippen molar-refractivity contribution in [1.29, 1.82) is 0 Å². The number of hydrogen-bond acceptors (Lipinski definition) is 5. The largest absolute Gasteiger partial charge is 0.299 e. The monoisotopic (exact) mass is 729 g/mol. The predicted octanol–water partition coefficient (Wildman–Crippen LogP) is 14.8. The second-order valence-corrected chi connectivity index (χ2v) is 24.5. The summed E-state index contributed by atoms with van der Waals surface area (Å²) in [6.45, 7) is 39.6. The van der Waals surface area contributed by atoms with Crippen LogP contribution in [0.15, 0.2) is 0 Å². The Bertz CT molecular complexity index is 847. The molecule has 0 heterocycles. The zero-order valence-corrected chi connectivity index (χ0v) is 38.2. The van der Waals surface area contributed by atoms with Crippen molar-refractivity contribution in [2.45, 2.75) is 230 Å². The summed E-state index contributed by atoms with van der Waals surface area (Å²) in [7, 11) is 0. The number of rotatable bonds is 19. The first kappa shape index (κ1) is 53.1. The lowest BCUT2D eigenvalue weighted by Crippen LogP contribution is -2.19. The molecule has 0 radical (unpaired) electrons. The molecule has 0 aromatic carbocycles. The van der Waals surface area contributed by atoms with Gasteiger partial charge in [0.2, 0.25) is 0 Å². The Kier molecular flexibility index (Phi) is 27.8. The maximum Gasteiger partial charge on any atom is 0.142 e. The van der Waals surface area contributed by atoms with E-state index in [4.69, 9.17) is 0 Å². The molecule has 0 fully saturated rings. The van der Waals surface area contributed by atoms with Gasteiger partial charge in [0.15, 0.2) is 0 Å². The molecule has 3 nitrogen and oxygen atoms in total. The average molecular weight is 729 g/mol. The van der Waals surface area contributed by atoms with Gasteiger partial charge in [-0.2, -0.15) is 0 Å². The molecule has 0 N–H and O–H groups in total. The van der Waals surface area contributed by atoms with E-state index in [1.54, 1.807) is 23.5 Å². The van der Waals surface area contributed by atoms with Crippen molar-refractivity contribution >= 4 is 40.9 Å². The predicted molar refractivity (Wildman–Crippen MR) is 227 cm³/mol. The van der Waals surface area contributed by atoms with Crippen LogP contribution in [0.2, 0.25) is 0 Å². The topological polar surface area (TPSA) is 51.2 Å². The third kappa shape index (κ3) is 49.9. The summed E-state index contributed by atoms with van der Waals surface area (Å²) in [5.74, 6) is 2.37. The lowest BCUT2D eigenvalue weighted by atomic mass is 9.86. The smallest absolute Gasteiger partial charge is 0.142 e. The fourth-order valence-corrected chi connectivity index (χ4v) is 6.02. The molecule has 0 amide bonds. The standard InChI is InChI=1S/C16H30O2S.C15H30OS.C13H28/c1-15(2,3)14(18)11-9-7-8-10-13(17)12-19-16(4,5)6;1-14(2,3)11-9-7-8-10-13(16)12-17-15(4,5)6;1-12(2,3)10-8-7-9-11-13(4,5)6/h7-12H2,1-6H3;7-12H2,1-6H3;7-11H2,1-6H3. The summed E-state index contributed by atoms with van der Waals surface area (Å²) in [6, 6.07) is 0. The molecule has 294 valence electrons. The van der Waals surface area contributed by atoms with E-state index in [0.29, 0.717) is 57.9 Å². The van der Waals surface area contributed by atoms with Crippen LogP contribution in [0.1, 0.15) is 221 Å². The highest BCUT2D eigenvalue weighted by atomic mass is 32.2. The Labute approximate surface area is 317 Å². The van der Waals surface area contributed by atoms with Crippen LogP contribution in [-0.4, -0.2) is 38.3 Å². The summed E-state index contributed by atoms with van der Waals surface area (Å²) in [4.78, 5) is 35.0. The van der Waals surface area contributed by atoms with E-state index in [-0.39, 0.29) is 14.9 Å². The first-order chi connectivity index (χ1) is 21.8. The van der Waals surface area contributed by atoms with E-state index < -0.39 is 0 Å². The molecule has 0 spiro atoms. The Hall–Kier alpha value is -0.290. The fraction of sp³-hybridized carbons (Fsp3) is 0.932. The zero-order chi connectivity index (χ0) is 39.2. The van der Waals surface area contributed by atoms with Crippen molar-refractivity contribution in [3.8, 4) is 0 Å². The first-order valence-corrected chi connectivity index (χ1v) is 21.6. The third-order valence-corrected chi connectivity index (χ3v) is 10.4. The Morgan fingerprint density at radius 1 is 0.367 bits per heavy atom. The molecular formula is C44H88O3S2. The summed E-state index contributed by atoms with van der Waals surface area (Å²) in [6.07, 6.45) is 16.6. The molecule has 5 heteroatoms. The van der Waals surface area contributed by atoms with Gasteiger partial charge in [0, 0.05) is 34.2 Å². The van der Waals surface area contributed by atoms with Crippen molar-refractivity contribution in [2.24, 2.45) is 21.7 Å². The van der Waals surface area contributed by atoms with Gasteiger partial charge in [-0.25, -0.2) is 0 Å². The zero-order valence-electron chi connectivity index (χ0n) is 36.6. The number of ketones is 3. The van der Waals surface area contributed by atoms with Crippen LogP contribution in [0.5, 0.6) is 0 Å². The summed E-state index contributed by atoms with van der Waals surface area (Å²) in [5, 5.41) is 0. The van der Waals surface area contributed by atoms with Crippen molar-refractivity contribution < 1.29 is 14.4 Å². The van der Waals surface area contributed by atoms with Gasteiger partial charge >= 0.3 is 0 Å². The minimum absolute atomic E-state index is 0.161. The van der Waals surface area contributed by atoms with Gasteiger partial charge in [-0.3, -0.25) is 14.4 Å². The molecule has 0 aliphatic rings. The average Bonchev–Trinajstić information content (AvgIpc) is 2.87. The van der Waals surface area contributed by atoms with Gasteiger partial charge in [0.25, 0.3) is 0 Å². The van der Waals surface area contributed by atoms with Gasteiger partial charge in [-0.05, 0) is 54.8 Å². The van der Waals surface area contributed by atoms with Crippen molar-refractivity contribution in [2.75, 3.05) is 11.5 Å². The third-order valence-electron chi connectivity index (χ3n) is 7.76. The molecule has 0 aromatic heterocycles. The lowest BCUT2D eigenvalue weighted by molar-refractivity contribution is -0.126. The molecule has 0 atom stereocenters. The minimum Gasteiger partial charge on any atom is -0.299 e. The van der Waals surface area contributed by atoms with Gasteiger partial charge in [-0.1, -0.05) is 163 Å². The van der Waals surface area contributed by atoms with Crippen LogP contribution in [0.4, 0.5) is 0 Å². The van der Waals surface area contributed by atoms with E-state index in [1.807, 2.05) is 20.8 Å². The molecular weight excluding hydrogens is 641 g/mol. The van der Waals surface area contributed by atoms with Crippen LogP contribution in [0.3, 0.4) is 0 Å². The highest BCUT2D eigenvalue weighted by Gasteiger charge is 2.20. The number of carbonyl (C=O) groups excluding carboxylic acids is 3. The van der Waals surface area contributed by atoms with E-state index in [9.17, 15) is 14.4 Å². The molecule has 0 aliphatic heterocycles. The quantitative estimate of drug-likeness (QED) is 0.124. The van der Waals surface area contributed by atoms with Crippen LogP contribution < -0.4 is 0 Å². The van der Waals surface area contributed by atoms with Crippen LogP contribution in [0.25, 0.3) is 0 Å². The van der Waals surface area contributed by atoms with Gasteiger partial charge < -0.3 is 0 Å². The number of Topliss-reactive ketones (excluding diaryl/α,β-unsaturated/α-hetero) is 3. The van der Waals surface area contributed by atoms with Gasteiger partial charge in [0.1, 0.15) is 17.3 Å². The van der Waals surface area contributed by atoms with Crippen molar-refractivity contribution in [3.05, 3.63) is 0 Å². The molecule has 0 saturated heterocycles. The molecule has 0 aliphatic carbocycles. The maximum atomic E-state index is 11.7. The lowest BCUT2D eigenvalue weighted by Gasteiger charge is -2.20. The molecule has 0 bridgehead atoms. The summed E-state index contributed by atoms with van der Waals surface area (Å²) >= 11 is 3.47. The van der Waals surface area contributed by atoms with Gasteiger partial charge in [0.05, 0.1) is 11.5 Å². The Balaban J connectivity index is -0.000000659. The van der Waals surface area contributed by atoms with Crippen molar-refractivity contribution in [3.63, 3.8) is 0 Å². The molecule has 0 saturated carbocycles. The van der Waals surface area contributed by atoms with E-state index in [1.165, 1.54) is 51.4 Å². The van der Waals surface area contributed by atoms with E-state index >= 15 is 0 Å². The Morgan fingerprint density at radius 3 is 0.898 bits per heavy atom. The first-order valence-electron chi connectivity index (χ1n) is 19.7. The molecule has 49 heavy (non-hydrogen) atoms. The van der Waals surface area contributed by atoms with E-state index in [0.717, 1.165) is 32.1 Å². The van der Waals surface area contributed by atoms with Gasteiger partial charge in [-0.15, -0.1) is 23.5 Å².